The number of aromatic nitrogens is 1. The summed E-state index contributed by atoms with van der Waals surface area (Å²) in [6, 6.07) is 13.4. The maximum Gasteiger partial charge on any atom is 0.344 e. The van der Waals surface area contributed by atoms with Crippen molar-refractivity contribution in [3.05, 3.63) is 70.6 Å². The third-order valence-electron chi connectivity index (χ3n) is 4.47. The normalized spacial score (nSPS) is 19.1. The molecule has 0 bridgehead atoms. The zero-order valence-electron chi connectivity index (χ0n) is 14.8. The zero-order chi connectivity index (χ0) is 19.4. The third kappa shape index (κ3) is 4.05. The second-order valence-corrected chi connectivity index (χ2v) is 6.59. The molecule has 27 heavy (non-hydrogen) atoms. The molecule has 0 saturated carbocycles. The zero-order valence-corrected chi connectivity index (χ0v) is 14.8. The highest BCUT2D eigenvalue weighted by Gasteiger charge is 2.48. The molecule has 1 unspecified atom stereocenters. The van der Waals surface area contributed by atoms with Crippen molar-refractivity contribution in [2.45, 2.75) is 31.8 Å². The molecule has 8 nitrogen and oxygen atoms in total. The molecule has 4 amide bonds. The lowest BCUT2D eigenvalue weighted by atomic mass is 9.93. The van der Waals surface area contributed by atoms with E-state index in [4.69, 9.17) is 0 Å². The Kier molecular flexibility index (Phi) is 5.07. The third-order valence-corrected chi connectivity index (χ3v) is 4.47. The molecule has 2 heterocycles. The van der Waals surface area contributed by atoms with E-state index >= 15 is 0 Å². The summed E-state index contributed by atoms with van der Waals surface area (Å²) in [5, 5.41) is 3.32. The molecule has 2 N–H and O–H groups in total. The van der Waals surface area contributed by atoms with Crippen LogP contribution in [-0.2, 0) is 22.6 Å². The van der Waals surface area contributed by atoms with Crippen molar-refractivity contribution in [3.8, 4) is 0 Å². The number of nitrogens with one attached hydrogen (secondary N) is 2. The summed E-state index contributed by atoms with van der Waals surface area (Å²) in [6.45, 7) is 1.33. The molecule has 0 spiro atoms. The molecule has 1 aromatic carbocycles. The first-order valence-corrected chi connectivity index (χ1v) is 8.55. The highest BCUT2D eigenvalue weighted by atomic mass is 16.2. The molecule has 1 atom stereocenters. The van der Waals surface area contributed by atoms with Crippen LogP contribution in [-0.4, -0.2) is 33.0 Å². The summed E-state index contributed by atoms with van der Waals surface area (Å²) in [4.78, 5) is 48.7. The summed E-state index contributed by atoms with van der Waals surface area (Å²) >= 11 is 0. The fourth-order valence-electron chi connectivity index (χ4n) is 2.90. The molecule has 0 aliphatic carbocycles. The van der Waals surface area contributed by atoms with Gasteiger partial charge >= 0.3 is 6.03 Å². The topological polar surface area (TPSA) is 101 Å². The van der Waals surface area contributed by atoms with Gasteiger partial charge in [-0.1, -0.05) is 36.4 Å². The van der Waals surface area contributed by atoms with Crippen molar-refractivity contribution in [2.75, 3.05) is 0 Å². The number of hydrogen-bond donors (Lipinski definition) is 2. The molecule has 1 saturated heterocycles. The van der Waals surface area contributed by atoms with Crippen LogP contribution in [0.4, 0.5) is 4.79 Å². The first kappa shape index (κ1) is 18.4. The minimum Gasteiger partial charge on any atom is -0.322 e. The lowest BCUT2D eigenvalue weighted by molar-refractivity contribution is -0.139. The summed E-state index contributed by atoms with van der Waals surface area (Å²) in [6.07, 6.45) is 2.45. The van der Waals surface area contributed by atoms with Gasteiger partial charge in [0.05, 0.1) is 0 Å². The van der Waals surface area contributed by atoms with Crippen LogP contribution in [0.1, 0.15) is 18.9 Å². The predicted molar refractivity (Wildman–Crippen MR) is 97.4 cm³/mol. The highest BCUT2D eigenvalue weighted by Crippen LogP contribution is 2.22. The standard InChI is InChI=1S/C19H20N4O4/c1-19(11-10-14-7-3-2-4-8-14)17(26)23(18(27)20-19)21-15(24)13-22-12-6-5-9-16(22)25/h2-9,12H,10-11,13H2,1H3,(H,20,27)(H,21,24). The Balaban J connectivity index is 1.64. The van der Waals surface area contributed by atoms with Crippen LogP contribution in [0.3, 0.4) is 0 Å². The van der Waals surface area contributed by atoms with Gasteiger partial charge in [-0.25, -0.2) is 4.79 Å². The van der Waals surface area contributed by atoms with Crippen molar-refractivity contribution < 1.29 is 14.4 Å². The average molecular weight is 368 g/mol. The van der Waals surface area contributed by atoms with Gasteiger partial charge in [0.15, 0.2) is 0 Å². The summed E-state index contributed by atoms with van der Waals surface area (Å²) in [7, 11) is 0. The second-order valence-electron chi connectivity index (χ2n) is 6.59. The van der Waals surface area contributed by atoms with Crippen molar-refractivity contribution in [1.29, 1.82) is 0 Å². The average Bonchev–Trinajstić information content (AvgIpc) is 2.86. The van der Waals surface area contributed by atoms with E-state index in [0.717, 1.165) is 5.56 Å². The van der Waals surface area contributed by atoms with Crippen LogP contribution < -0.4 is 16.3 Å². The van der Waals surface area contributed by atoms with Crippen LogP contribution in [0.25, 0.3) is 0 Å². The lowest BCUT2D eigenvalue weighted by Gasteiger charge is -2.21. The van der Waals surface area contributed by atoms with E-state index in [0.29, 0.717) is 17.9 Å². The minimum absolute atomic E-state index is 0.294. The Hall–Kier alpha value is -3.42. The van der Waals surface area contributed by atoms with E-state index < -0.39 is 23.4 Å². The summed E-state index contributed by atoms with van der Waals surface area (Å²) in [5.74, 6) is -1.17. The molecular formula is C19H20N4O4. The number of carbonyl (C=O) groups is 3. The maximum atomic E-state index is 12.7. The Morgan fingerprint density at radius 2 is 1.78 bits per heavy atom. The molecule has 3 rings (SSSR count). The fraction of sp³-hybridized carbons (Fsp3) is 0.263. The predicted octanol–water partition coefficient (Wildman–Crippen LogP) is 0.823. The Morgan fingerprint density at radius 1 is 1.07 bits per heavy atom. The molecule has 0 radical (unpaired) electrons. The number of hydrogen-bond acceptors (Lipinski definition) is 4. The Bertz CT molecular complexity index is 925. The number of benzene rings is 1. The molecule has 2 aromatic rings. The molecule has 8 heteroatoms. The number of urea groups is 1. The monoisotopic (exact) mass is 368 g/mol. The number of rotatable bonds is 6. The molecular weight excluding hydrogens is 348 g/mol. The van der Waals surface area contributed by atoms with Crippen molar-refractivity contribution in [1.82, 2.24) is 20.3 Å². The summed E-state index contributed by atoms with van der Waals surface area (Å²) in [5.41, 5.74) is 1.87. The SMILES string of the molecule is CC1(CCc2ccccc2)NC(=O)N(NC(=O)Cn2ccccc2=O)C1=O. The lowest BCUT2D eigenvalue weighted by Crippen LogP contribution is -2.50. The first-order valence-electron chi connectivity index (χ1n) is 8.55. The molecule has 1 aliphatic rings. The van der Waals surface area contributed by atoms with Gasteiger partial charge in [0.1, 0.15) is 12.1 Å². The number of pyridine rings is 1. The number of carbonyl (C=O) groups excluding carboxylic acids is 3. The van der Waals surface area contributed by atoms with Crippen molar-refractivity contribution >= 4 is 17.8 Å². The highest BCUT2D eigenvalue weighted by molar-refractivity contribution is 6.07. The van der Waals surface area contributed by atoms with E-state index in [2.05, 4.69) is 10.7 Å². The number of nitrogens with zero attached hydrogens (tertiary/aromatic N) is 2. The summed E-state index contributed by atoms with van der Waals surface area (Å²) < 4.78 is 1.18. The largest absolute Gasteiger partial charge is 0.344 e. The number of imide groups is 1. The van der Waals surface area contributed by atoms with E-state index in [1.54, 1.807) is 19.1 Å². The van der Waals surface area contributed by atoms with Crippen molar-refractivity contribution in [3.63, 3.8) is 0 Å². The van der Waals surface area contributed by atoms with Gasteiger partial charge in [0.25, 0.3) is 17.4 Å². The molecule has 140 valence electrons. The first-order chi connectivity index (χ1) is 12.9. The van der Waals surface area contributed by atoms with Crippen molar-refractivity contribution in [2.24, 2.45) is 0 Å². The quantitative estimate of drug-likeness (QED) is 0.737. The van der Waals surface area contributed by atoms with E-state index in [1.165, 1.54) is 16.8 Å². The van der Waals surface area contributed by atoms with Crippen LogP contribution >= 0.6 is 0 Å². The van der Waals surface area contributed by atoms with Crippen LogP contribution in [0, 0.1) is 0 Å². The van der Waals surface area contributed by atoms with Gasteiger partial charge in [-0.15, -0.1) is 0 Å². The van der Waals surface area contributed by atoms with E-state index in [1.807, 2.05) is 30.3 Å². The van der Waals surface area contributed by atoms with Gasteiger partial charge in [0, 0.05) is 12.3 Å². The molecule has 1 aliphatic heterocycles. The molecule has 1 fully saturated rings. The van der Waals surface area contributed by atoms with Crippen LogP contribution in [0.2, 0.25) is 0 Å². The van der Waals surface area contributed by atoms with Gasteiger partial charge in [0.2, 0.25) is 0 Å². The second kappa shape index (κ2) is 7.45. The molecule has 1 aromatic heterocycles. The van der Waals surface area contributed by atoms with Gasteiger partial charge in [-0.05, 0) is 31.4 Å². The minimum atomic E-state index is -1.11. The van der Waals surface area contributed by atoms with Gasteiger partial charge in [-0.3, -0.25) is 19.8 Å². The van der Waals surface area contributed by atoms with Crippen LogP contribution in [0.5, 0.6) is 0 Å². The van der Waals surface area contributed by atoms with E-state index in [9.17, 15) is 19.2 Å². The smallest absolute Gasteiger partial charge is 0.322 e. The van der Waals surface area contributed by atoms with Gasteiger partial charge < -0.3 is 9.88 Å². The fourth-order valence-corrected chi connectivity index (χ4v) is 2.90. The Labute approximate surface area is 155 Å². The maximum absolute atomic E-state index is 12.7. The van der Waals surface area contributed by atoms with Gasteiger partial charge in [-0.2, -0.15) is 5.01 Å². The number of hydrazine groups is 1. The number of amides is 4. The Morgan fingerprint density at radius 3 is 2.48 bits per heavy atom. The number of aryl methyl sites for hydroxylation is 1. The van der Waals surface area contributed by atoms with E-state index in [-0.39, 0.29) is 12.1 Å². The van der Waals surface area contributed by atoms with Crippen LogP contribution in [0.15, 0.2) is 59.5 Å².